The third-order valence-corrected chi connectivity index (χ3v) is 3.39. The van der Waals surface area contributed by atoms with E-state index in [1.165, 1.54) is 12.8 Å². The molecule has 0 amide bonds. The lowest BCUT2D eigenvalue weighted by Gasteiger charge is -1.99. The number of pyridine rings is 1. The van der Waals surface area contributed by atoms with Gasteiger partial charge in [-0.15, -0.1) is 5.10 Å². The molecule has 3 aromatic heterocycles. The van der Waals surface area contributed by atoms with E-state index in [4.69, 9.17) is 0 Å². The first-order valence-corrected chi connectivity index (χ1v) is 6.17. The second-order valence-electron chi connectivity index (χ2n) is 4.77. The molecule has 3 aromatic rings. The van der Waals surface area contributed by atoms with Crippen molar-refractivity contribution in [2.24, 2.45) is 7.05 Å². The number of hydrogen-bond acceptors (Lipinski definition) is 3. The Bertz CT molecular complexity index is 720. The van der Waals surface area contributed by atoms with Gasteiger partial charge in [-0.1, -0.05) is 6.07 Å². The SMILES string of the molecule is Cn1nc(-c2cccc3ccnn23)nc1C1CC1. The lowest BCUT2D eigenvalue weighted by molar-refractivity contribution is 0.704. The topological polar surface area (TPSA) is 48.0 Å². The number of aromatic nitrogens is 5. The molecule has 90 valence electrons. The summed E-state index contributed by atoms with van der Waals surface area (Å²) in [4.78, 5) is 4.66. The zero-order valence-electron chi connectivity index (χ0n) is 10.1. The molecule has 0 atom stereocenters. The molecule has 1 saturated carbocycles. The van der Waals surface area contributed by atoms with Crippen LogP contribution in [0, 0.1) is 0 Å². The van der Waals surface area contributed by atoms with E-state index in [1.807, 2.05) is 40.5 Å². The smallest absolute Gasteiger partial charge is 0.200 e. The van der Waals surface area contributed by atoms with Crippen molar-refractivity contribution in [2.75, 3.05) is 0 Å². The summed E-state index contributed by atoms with van der Waals surface area (Å²) in [6.45, 7) is 0. The van der Waals surface area contributed by atoms with Crippen LogP contribution in [0.25, 0.3) is 17.0 Å². The monoisotopic (exact) mass is 239 g/mol. The van der Waals surface area contributed by atoms with Gasteiger partial charge in [0, 0.05) is 13.0 Å². The molecule has 1 fully saturated rings. The summed E-state index contributed by atoms with van der Waals surface area (Å²) in [5.74, 6) is 2.45. The number of nitrogens with zero attached hydrogens (tertiary/aromatic N) is 5. The summed E-state index contributed by atoms with van der Waals surface area (Å²) < 4.78 is 3.78. The van der Waals surface area contributed by atoms with Crippen LogP contribution in [0.5, 0.6) is 0 Å². The summed E-state index contributed by atoms with van der Waals surface area (Å²) >= 11 is 0. The van der Waals surface area contributed by atoms with E-state index < -0.39 is 0 Å². The first-order valence-electron chi connectivity index (χ1n) is 6.17. The number of rotatable bonds is 2. The van der Waals surface area contributed by atoms with Crippen LogP contribution in [-0.4, -0.2) is 24.4 Å². The largest absolute Gasteiger partial charge is 0.252 e. The molecule has 1 aliphatic rings. The van der Waals surface area contributed by atoms with Crippen LogP contribution in [0.3, 0.4) is 0 Å². The van der Waals surface area contributed by atoms with Crippen molar-refractivity contribution in [1.82, 2.24) is 24.4 Å². The second-order valence-corrected chi connectivity index (χ2v) is 4.77. The van der Waals surface area contributed by atoms with Gasteiger partial charge < -0.3 is 0 Å². The van der Waals surface area contributed by atoms with Gasteiger partial charge in [0.2, 0.25) is 0 Å². The van der Waals surface area contributed by atoms with Crippen molar-refractivity contribution < 1.29 is 0 Å². The van der Waals surface area contributed by atoms with Crippen LogP contribution in [0.15, 0.2) is 30.5 Å². The van der Waals surface area contributed by atoms with E-state index in [1.54, 1.807) is 6.20 Å². The molecule has 0 unspecified atom stereocenters. The van der Waals surface area contributed by atoms with Gasteiger partial charge in [-0.05, 0) is 31.0 Å². The van der Waals surface area contributed by atoms with Gasteiger partial charge in [0.15, 0.2) is 5.82 Å². The van der Waals surface area contributed by atoms with Gasteiger partial charge in [-0.3, -0.25) is 4.68 Å². The molecule has 0 saturated heterocycles. The Morgan fingerprint density at radius 2 is 2.11 bits per heavy atom. The van der Waals surface area contributed by atoms with Crippen LogP contribution in [0.4, 0.5) is 0 Å². The fourth-order valence-corrected chi connectivity index (χ4v) is 2.32. The minimum Gasteiger partial charge on any atom is -0.252 e. The highest BCUT2D eigenvalue weighted by Gasteiger charge is 2.29. The molecule has 0 spiro atoms. The predicted octanol–water partition coefficient (Wildman–Crippen LogP) is 2.01. The lowest BCUT2D eigenvalue weighted by atomic mass is 10.3. The third kappa shape index (κ3) is 1.37. The molecule has 0 N–H and O–H groups in total. The summed E-state index contributed by atoms with van der Waals surface area (Å²) in [6, 6.07) is 8.03. The zero-order chi connectivity index (χ0) is 12.1. The third-order valence-electron chi connectivity index (χ3n) is 3.39. The minimum atomic E-state index is 0.605. The fourth-order valence-electron chi connectivity index (χ4n) is 2.32. The van der Waals surface area contributed by atoms with Crippen molar-refractivity contribution in [3.8, 4) is 11.5 Å². The quantitative estimate of drug-likeness (QED) is 0.687. The summed E-state index contributed by atoms with van der Waals surface area (Å²) in [7, 11) is 1.97. The predicted molar refractivity (Wildman–Crippen MR) is 67.2 cm³/mol. The molecule has 0 radical (unpaired) electrons. The van der Waals surface area contributed by atoms with E-state index in [-0.39, 0.29) is 0 Å². The van der Waals surface area contributed by atoms with Crippen molar-refractivity contribution in [1.29, 1.82) is 0 Å². The zero-order valence-corrected chi connectivity index (χ0v) is 10.1. The number of hydrogen-bond donors (Lipinski definition) is 0. The van der Waals surface area contributed by atoms with Gasteiger partial charge >= 0.3 is 0 Å². The van der Waals surface area contributed by atoms with Crippen LogP contribution in [0.2, 0.25) is 0 Å². The maximum absolute atomic E-state index is 4.66. The van der Waals surface area contributed by atoms with E-state index in [0.29, 0.717) is 5.92 Å². The van der Waals surface area contributed by atoms with Crippen LogP contribution < -0.4 is 0 Å². The summed E-state index contributed by atoms with van der Waals surface area (Å²) in [6.07, 6.45) is 4.26. The summed E-state index contributed by atoms with van der Waals surface area (Å²) in [5.41, 5.74) is 2.01. The highest BCUT2D eigenvalue weighted by Crippen LogP contribution is 2.39. The first kappa shape index (κ1) is 9.82. The van der Waals surface area contributed by atoms with Gasteiger partial charge in [0.25, 0.3) is 0 Å². The maximum atomic E-state index is 4.66. The number of aryl methyl sites for hydroxylation is 1. The number of fused-ring (bicyclic) bond motifs is 1. The molecular weight excluding hydrogens is 226 g/mol. The molecule has 4 rings (SSSR count). The van der Waals surface area contributed by atoms with Gasteiger partial charge in [0.05, 0.1) is 11.7 Å². The van der Waals surface area contributed by atoms with Crippen molar-refractivity contribution in [3.05, 3.63) is 36.3 Å². The molecule has 18 heavy (non-hydrogen) atoms. The van der Waals surface area contributed by atoms with E-state index in [2.05, 4.69) is 15.2 Å². The molecule has 5 heteroatoms. The lowest BCUT2D eigenvalue weighted by Crippen LogP contribution is -1.97. The Morgan fingerprint density at radius 1 is 1.22 bits per heavy atom. The fraction of sp³-hybridized carbons (Fsp3) is 0.308. The van der Waals surface area contributed by atoms with E-state index >= 15 is 0 Å². The molecular formula is C13H13N5. The Kier molecular flexibility index (Phi) is 1.86. The molecule has 0 aromatic carbocycles. The average Bonchev–Trinajstić information content (AvgIpc) is 2.97. The van der Waals surface area contributed by atoms with Crippen molar-refractivity contribution in [3.63, 3.8) is 0 Å². The molecule has 3 heterocycles. The van der Waals surface area contributed by atoms with E-state index in [0.717, 1.165) is 22.9 Å². The van der Waals surface area contributed by atoms with Gasteiger partial charge in [-0.25, -0.2) is 9.50 Å². The normalized spacial score (nSPS) is 15.4. The summed E-state index contributed by atoms with van der Waals surface area (Å²) in [5, 5.41) is 8.84. The van der Waals surface area contributed by atoms with Crippen LogP contribution in [0.1, 0.15) is 24.6 Å². The standard InChI is InChI=1S/C13H13N5/c1-17-13(9-5-6-9)15-12(16-17)11-4-2-3-10-7-8-14-18(10)11/h2-4,7-9H,5-6H2,1H3. The second kappa shape index (κ2) is 3.41. The van der Waals surface area contributed by atoms with E-state index in [9.17, 15) is 0 Å². The maximum Gasteiger partial charge on any atom is 0.200 e. The average molecular weight is 239 g/mol. The Hall–Kier alpha value is -2.17. The minimum absolute atomic E-state index is 0.605. The molecule has 1 aliphatic carbocycles. The Morgan fingerprint density at radius 3 is 2.94 bits per heavy atom. The van der Waals surface area contributed by atoms with Gasteiger partial charge in [-0.2, -0.15) is 5.10 Å². The highest BCUT2D eigenvalue weighted by molar-refractivity contribution is 5.58. The van der Waals surface area contributed by atoms with Crippen molar-refractivity contribution >= 4 is 5.52 Å². The van der Waals surface area contributed by atoms with Crippen LogP contribution >= 0.6 is 0 Å². The molecule has 0 aliphatic heterocycles. The van der Waals surface area contributed by atoms with Gasteiger partial charge in [0.1, 0.15) is 11.5 Å². The van der Waals surface area contributed by atoms with Crippen LogP contribution in [-0.2, 0) is 7.05 Å². The Balaban J connectivity index is 1.91. The van der Waals surface area contributed by atoms with Crippen molar-refractivity contribution in [2.45, 2.75) is 18.8 Å². The Labute approximate surface area is 104 Å². The molecule has 5 nitrogen and oxygen atoms in total. The molecule has 0 bridgehead atoms. The first-order chi connectivity index (χ1) is 8.83. The highest BCUT2D eigenvalue weighted by atomic mass is 15.4.